The third-order valence-electron chi connectivity index (χ3n) is 3.77. The Morgan fingerprint density at radius 3 is 2.80 bits per heavy atom. The highest BCUT2D eigenvalue weighted by molar-refractivity contribution is 5.83. The number of hydrogen-bond donors (Lipinski definition) is 0. The van der Waals surface area contributed by atoms with Crippen LogP contribution in [0.4, 0.5) is 0 Å². The first kappa shape index (κ1) is 8.96. The third-order valence-corrected chi connectivity index (χ3v) is 3.77. The van der Waals surface area contributed by atoms with Gasteiger partial charge in [0.15, 0.2) is 0 Å². The summed E-state index contributed by atoms with van der Waals surface area (Å²) >= 11 is 0. The summed E-state index contributed by atoms with van der Waals surface area (Å²) in [4.78, 5) is 0. The Balaban J connectivity index is 2.30. The van der Waals surface area contributed by atoms with Crippen LogP contribution in [-0.2, 0) is 5.41 Å². The van der Waals surface area contributed by atoms with E-state index in [1.165, 1.54) is 29.5 Å². The molecule has 0 saturated heterocycles. The van der Waals surface area contributed by atoms with Crippen LogP contribution in [0.3, 0.4) is 0 Å². The van der Waals surface area contributed by atoms with Gasteiger partial charge in [-0.3, -0.25) is 0 Å². The quantitative estimate of drug-likeness (QED) is 0.586. The van der Waals surface area contributed by atoms with E-state index in [1.54, 1.807) is 5.57 Å². The number of allylic oxidation sites excluding steroid dienone is 4. The predicted molar refractivity (Wildman–Crippen MR) is 64.8 cm³/mol. The smallest absolute Gasteiger partial charge is 0.0155 e. The summed E-state index contributed by atoms with van der Waals surface area (Å²) in [5.41, 5.74) is 6.32. The van der Waals surface area contributed by atoms with Crippen LogP contribution >= 0.6 is 0 Å². The van der Waals surface area contributed by atoms with Gasteiger partial charge in [-0.1, -0.05) is 50.3 Å². The maximum Gasteiger partial charge on any atom is 0.0155 e. The molecule has 0 nitrogen and oxygen atoms in total. The van der Waals surface area contributed by atoms with Crippen molar-refractivity contribution in [2.45, 2.75) is 32.1 Å². The lowest BCUT2D eigenvalue weighted by atomic mass is 9.80. The van der Waals surface area contributed by atoms with Crippen molar-refractivity contribution in [3.63, 3.8) is 0 Å². The van der Waals surface area contributed by atoms with E-state index in [-0.39, 0.29) is 5.41 Å². The van der Waals surface area contributed by atoms with Gasteiger partial charge in [-0.05, 0) is 35.1 Å². The highest BCUT2D eigenvalue weighted by atomic mass is 14.4. The van der Waals surface area contributed by atoms with Crippen LogP contribution < -0.4 is 0 Å². The van der Waals surface area contributed by atoms with Crippen LogP contribution in [0.15, 0.2) is 42.0 Å². The molecule has 0 heterocycles. The monoisotopic (exact) mass is 196 g/mol. The average Bonchev–Trinajstić information content (AvgIpc) is 2.51. The molecule has 3 rings (SSSR count). The van der Waals surface area contributed by atoms with Crippen molar-refractivity contribution < 1.29 is 0 Å². The molecule has 1 aromatic carbocycles. The maximum absolute atomic E-state index is 2.34. The zero-order valence-electron chi connectivity index (χ0n) is 9.38. The Hall–Kier alpha value is -1.30. The molecule has 0 aromatic heterocycles. The van der Waals surface area contributed by atoms with Gasteiger partial charge in [0.1, 0.15) is 0 Å². The van der Waals surface area contributed by atoms with Crippen molar-refractivity contribution >= 4 is 5.57 Å². The van der Waals surface area contributed by atoms with E-state index in [4.69, 9.17) is 0 Å². The molecular formula is C15H16. The van der Waals surface area contributed by atoms with Crippen LogP contribution in [0, 0.1) is 0 Å². The first-order chi connectivity index (χ1) is 7.21. The molecule has 0 radical (unpaired) electrons. The first-order valence-corrected chi connectivity index (χ1v) is 5.71. The number of benzene rings is 1. The van der Waals surface area contributed by atoms with Crippen molar-refractivity contribution in [3.05, 3.63) is 53.1 Å². The van der Waals surface area contributed by atoms with Gasteiger partial charge in [0.2, 0.25) is 0 Å². The predicted octanol–water partition coefficient (Wildman–Crippen LogP) is 4.08. The van der Waals surface area contributed by atoms with E-state index in [2.05, 4.69) is 50.3 Å². The fraction of sp³-hybridized carbons (Fsp3) is 0.333. The second kappa shape index (κ2) is 2.85. The normalized spacial score (nSPS) is 21.5. The number of fused-ring (bicyclic) bond motifs is 2. The van der Waals surface area contributed by atoms with Gasteiger partial charge in [0.25, 0.3) is 0 Å². The Morgan fingerprint density at radius 2 is 1.93 bits per heavy atom. The molecule has 0 spiro atoms. The molecule has 0 unspecified atom stereocenters. The zero-order valence-corrected chi connectivity index (χ0v) is 9.38. The summed E-state index contributed by atoms with van der Waals surface area (Å²) in [5.74, 6) is 0. The Morgan fingerprint density at radius 1 is 1.13 bits per heavy atom. The zero-order chi connectivity index (χ0) is 10.5. The molecular weight excluding hydrogens is 180 g/mol. The molecule has 0 saturated carbocycles. The summed E-state index contributed by atoms with van der Waals surface area (Å²) in [5, 5.41) is 0. The van der Waals surface area contributed by atoms with Gasteiger partial charge in [-0.25, -0.2) is 0 Å². The summed E-state index contributed by atoms with van der Waals surface area (Å²) < 4.78 is 0. The maximum atomic E-state index is 2.34. The SMILES string of the molecule is CC1(C)C2=C(CCC=C2)c2ccccc21. The number of hydrogen-bond acceptors (Lipinski definition) is 0. The number of rotatable bonds is 0. The Kier molecular flexibility index (Phi) is 1.70. The van der Waals surface area contributed by atoms with Crippen LogP contribution in [0.5, 0.6) is 0 Å². The summed E-state index contributed by atoms with van der Waals surface area (Å²) in [6, 6.07) is 8.87. The molecule has 0 atom stereocenters. The van der Waals surface area contributed by atoms with Gasteiger partial charge in [-0.15, -0.1) is 0 Å². The molecule has 0 N–H and O–H groups in total. The Bertz CT molecular complexity index is 473. The first-order valence-electron chi connectivity index (χ1n) is 5.71. The van der Waals surface area contributed by atoms with Gasteiger partial charge < -0.3 is 0 Å². The van der Waals surface area contributed by atoms with Crippen LogP contribution in [0.1, 0.15) is 37.8 Å². The lowest BCUT2D eigenvalue weighted by Gasteiger charge is -2.23. The van der Waals surface area contributed by atoms with Crippen LogP contribution in [0.25, 0.3) is 5.57 Å². The standard InChI is InChI=1S/C15H16/c1-15(2)13-9-5-3-7-11(13)12-8-4-6-10-14(12)15/h3,5-7,9-10H,4,8H2,1-2H3. The third kappa shape index (κ3) is 1.08. The molecule has 2 aliphatic rings. The van der Waals surface area contributed by atoms with E-state index < -0.39 is 0 Å². The molecule has 2 aliphatic carbocycles. The van der Waals surface area contributed by atoms with Crippen LogP contribution in [-0.4, -0.2) is 0 Å². The van der Waals surface area contributed by atoms with E-state index in [1.807, 2.05) is 0 Å². The molecule has 0 aliphatic heterocycles. The molecule has 76 valence electrons. The fourth-order valence-electron chi connectivity index (χ4n) is 2.97. The molecule has 15 heavy (non-hydrogen) atoms. The fourth-order valence-corrected chi connectivity index (χ4v) is 2.97. The molecule has 0 bridgehead atoms. The molecule has 0 heteroatoms. The lowest BCUT2D eigenvalue weighted by molar-refractivity contribution is 0.651. The Labute approximate surface area is 91.3 Å². The van der Waals surface area contributed by atoms with Crippen molar-refractivity contribution in [1.29, 1.82) is 0 Å². The molecule has 0 amide bonds. The van der Waals surface area contributed by atoms with Crippen molar-refractivity contribution in [2.24, 2.45) is 0 Å². The van der Waals surface area contributed by atoms with Crippen molar-refractivity contribution in [2.75, 3.05) is 0 Å². The van der Waals surface area contributed by atoms with E-state index >= 15 is 0 Å². The summed E-state index contributed by atoms with van der Waals surface area (Å²) in [6.07, 6.45) is 7.06. The highest BCUT2D eigenvalue weighted by Gasteiger charge is 2.36. The molecule has 0 fully saturated rings. The van der Waals surface area contributed by atoms with Gasteiger partial charge >= 0.3 is 0 Å². The van der Waals surface area contributed by atoms with Gasteiger partial charge in [0, 0.05) is 5.41 Å². The van der Waals surface area contributed by atoms with E-state index in [0.717, 1.165) is 0 Å². The minimum atomic E-state index is 0.211. The molecule has 1 aromatic rings. The van der Waals surface area contributed by atoms with Crippen molar-refractivity contribution in [1.82, 2.24) is 0 Å². The lowest BCUT2D eigenvalue weighted by Crippen LogP contribution is -2.16. The van der Waals surface area contributed by atoms with Gasteiger partial charge in [-0.2, -0.15) is 0 Å². The summed E-state index contributed by atoms with van der Waals surface area (Å²) in [6.45, 7) is 4.67. The van der Waals surface area contributed by atoms with E-state index in [9.17, 15) is 0 Å². The highest BCUT2D eigenvalue weighted by Crippen LogP contribution is 2.49. The second-order valence-corrected chi connectivity index (χ2v) is 5.00. The van der Waals surface area contributed by atoms with Crippen LogP contribution in [0.2, 0.25) is 0 Å². The largest absolute Gasteiger partial charge is 0.0839 e. The van der Waals surface area contributed by atoms with E-state index in [0.29, 0.717) is 0 Å². The van der Waals surface area contributed by atoms with Crippen molar-refractivity contribution in [3.8, 4) is 0 Å². The summed E-state index contributed by atoms with van der Waals surface area (Å²) in [7, 11) is 0. The topological polar surface area (TPSA) is 0 Å². The average molecular weight is 196 g/mol. The second-order valence-electron chi connectivity index (χ2n) is 5.00. The van der Waals surface area contributed by atoms with Gasteiger partial charge in [0.05, 0.1) is 0 Å². The minimum absolute atomic E-state index is 0.211. The minimum Gasteiger partial charge on any atom is -0.0839 e.